The van der Waals surface area contributed by atoms with Gasteiger partial charge >= 0.3 is 6.18 Å². The lowest BCUT2D eigenvalue weighted by atomic mass is 10.4. The van der Waals surface area contributed by atoms with Crippen LogP contribution in [0, 0.1) is 0 Å². The minimum absolute atomic E-state index is 0.00338. The average Bonchev–Trinajstić information content (AvgIpc) is 2.26. The second-order valence-electron chi connectivity index (χ2n) is 3.51. The Kier molecular flexibility index (Phi) is 3.94. The number of likely N-dealkylation sites (N-methyl/N-ethyl adjacent to an activating group) is 1. The second kappa shape index (κ2) is 5.07. The van der Waals surface area contributed by atoms with E-state index in [9.17, 15) is 18.0 Å². The lowest BCUT2D eigenvalue weighted by Gasteiger charge is -2.18. The van der Waals surface area contributed by atoms with Crippen LogP contribution < -0.4 is 16.0 Å². The van der Waals surface area contributed by atoms with Crippen molar-refractivity contribution in [3.8, 4) is 0 Å². The van der Waals surface area contributed by atoms with Gasteiger partial charge in [0.1, 0.15) is 11.6 Å². The highest BCUT2D eigenvalue weighted by Gasteiger charge is 2.35. The molecule has 0 spiro atoms. The number of nitrogens with zero attached hydrogens (tertiary/aromatic N) is 3. The molecule has 0 aliphatic heterocycles. The van der Waals surface area contributed by atoms with E-state index in [0.717, 1.165) is 0 Å². The molecule has 3 N–H and O–H groups in total. The van der Waals surface area contributed by atoms with E-state index in [4.69, 9.17) is 5.73 Å². The third-order valence-corrected chi connectivity index (χ3v) is 2.01. The fourth-order valence-corrected chi connectivity index (χ4v) is 1.20. The molecule has 0 radical (unpaired) electrons. The predicted octanol–water partition coefficient (Wildman–Crippen LogP) is 0.459. The SMILES string of the molecule is CNc1cc(N(C)CC(N)=O)nc(C(F)(F)F)n1. The maximum Gasteiger partial charge on any atom is 0.451 e. The Morgan fingerprint density at radius 3 is 2.56 bits per heavy atom. The van der Waals surface area contributed by atoms with E-state index in [1.807, 2.05) is 0 Å². The highest BCUT2D eigenvalue weighted by molar-refractivity contribution is 5.79. The van der Waals surface area contributed by atoms with Gasteiger partial charge in [-0.3, -0.25) is 4.79 Å². The third-order valence-electron chi connectivity index (χ3n) is 2.01. The van der Waals surface area contributed by atoms with Gasteiger partial charge in [-0.1, -0.05) is 0 Å². The molecule has 1 aromatic heterocycles. The smallest absolute Gasteiger partial charge is 0.373 e. The number of halogens is 3. The summed E-state index contributed by atoms with van der Waals surface area (Å²) in [6.07, 6.45) is -4.66. The molecule has 0 aromatic carbocycles. The van der Waals surface area contributed by atoms with Crippen LogP contribution in [-0.4, -0.2) is 36.5 Å². The lowest BCUT2D eigenvalue weighted by molar-refractivity contribution is -0.144. The van der Waals surface area contributed by atoms with E-state index in [2.05, 4.69) is 15.3 Å². The fourth-order valence-electron chi connectivity index (χ4n) is 1.20. The number of nitrogens with two attached hydrogens (primary N) is 1. The van der Waals surface area contributed by atoms with Gasteiger partial charge < -0.3 is 16.0 Å². The predicted molar refractivity (Wildman–Crippen MR) is 59.0 cm³/mol. The number of alkyl halides is 3. The van der Waals surface area contributed by atoms with Crippen LogP contribution >= 0.6 is 0 Å². The Morgan fingerprint density at radius 2 is 2.11 bits per heavy atom. The molecule has 0 unspecified atom stereocenters. The standard InChI is InChI=1S/C9H12F3N5O/c1-14-6-3-7(17(2)4-5(13)18)16-8(15-6)9(10,11)12/h3H,4H2,1-2H3,(H2,13,18)(H,14,15,16). The summed E-state index contributed by atoms with van der Waals surface area (Å²) in [4.78, 5) is 18.6. The van der Waals surface area contributed by atoms with Crippen LogP contribution in [0.2, 0.25) is 0 Å². The van der Waals surface area contributed by atoms with Gasteiger partial charge in [0.05, 0.1) is 6.54 Å². The number of amides is 1. The molecule has 6 nitrogen and oxygen atoms in total. The molecule has 1 rings (SSSR count). The summed E-state index contributed by atoms with van der Waals surface area (Å²) in [5, 5.41) is 2.49. The van der Waals surface area contributed by atoms with Gasteiger partial charge in [0.2, 0.25) is 11.7 Å². The van der Waals surface area contributed by atoms with Crippen molar-refractivity contribution in [2.24, 2.45) is 5.73 Å². The summed E-state index contributed by atoms with van der Waals surface area (Å²) in [5.74, 6) is -1.99. The number of primary amides is 1. The third kappa shape index (κ3) is 3.47. The number of carbonyl (C=O) groups is 1. The van der Waals surface area contributed by atoms with Gasteiger partial charge in [-0.15, -0.1) is 0 Å². The van der Waals surface area contributed by atoms with E-state index < -0.39 is 17.9 Å². The second-order valence-corrected chi connectivity index (χ2v) is 3.51. The molecule has 0 atom stereocenters. The molecule has 0 fully saturated rings. The van der Waals surface area contributed by atoms with Crippen molar-refractivity contribution in [2.45, 2.75) is 6.18 Å². The number of rotatable bonds is 4. The number of anilines is 2. The monoisotopic (exact) mass is 263 g/mol. The molecule has 0 aliphatic carbocycles. The zero-order chi connectivity index (χ0) is 13.9. The van der Waals surface area contributed by atoms with Gasteiger partial charge in [0, 0.05) is 20.2 Å². The molecule has 9 heteroatoms. The molecule has 1 amide bonds. The Hall–Kier alpha value is -2.06. The van der Waals surface area contributed by atoms with Crippen molar-refractivity contribution >= 4 is 17.5 Å². The van der Waals surface area contributed by atoms with Crippen LogP contribution in [0.3, 0.4) is 0 Å². The first-order valence-corrected chi connectivity index (χ1v) is 4.87. The molecule has 1 aromatic rings. The van der Waals surface area contributed by atoms with E-state index in [0.29, 0.717) is 0 Å². The van der Waals surface area contributed by atoms with E-state index in [1.54, 1.807) is 0 Å². The Morgan fingerprint density at radius 1 is 1.50 bits per heavy atom. The summed E-state index contributed by atoms with van der Waals surface area (Å²) in [7, 11) is 2.84. The van der Waals surface area contributed by atoms with Crippen molar-refractivity contribution < 1.29 is 18.0 Å². The fraction of sp³-hybridized carbons (Fsp3) is 0.444. The van der Waals surface area contributed by atoms with E-state index >= 15 is 0 Å². The normalized spacial score (nSPS) is 11.2. The zero-order valence-corrected chi connectivity index (χ0v) is 9.75. The van der Waals surface area contributed by atoms with Crippen LogP contribution in [0.4, 0.5) is 24.8 Å². The number of carbonyl (C=O) groups excluding carboxylic acids is 1. The summed E-state index contributed by atoms with van der Waals surface area (Å²) in [6.45, 7) is -0.239. The van der Waals surface area contributed by atoms with E-state index in [-0.39, 0.29) is 18.2 Å². The maximum absolute atomic E-state index is 12.5. The average molecular weight is 263 g/mol. The van der Waals surface area contributed by atoms with Gasteiger partial charge in [-0.05, 0) is 0 Å². The largest absolute Gasteiger partial charge is 0.451 e. The minimum Gasteiger partial charge on any atom is -0.373 e. The molecule has 0 aliphatic rings. The quantitative estimate of drug-likeness (QED) is 0.824. The summed E-state index contributed by atoms with van der Waals surface area (Å²) in [6, 6.07) is 1.29. The van der Waals surface area contributed by atoms with Crippen LogP contribution in [0.15, 0.2) is 6.07 Å². The first-order chi connectivity index (χ1) is 8.24. The molecule has 100 valence electrons. The van der Waals surface area contributed by atoms with Crippen molar-refractivity contribution in [3.05, 3.63) is 11.9 Å². The van der Waals surface area contributed by atoms with Crippen molar-refractivity contribution in [2.75, 3.05) is 30.9 Å². The number of hydrogen-bond donors (Lipinski definition) is 2. The van der Waals surface area contributed by atoms with Crippen molar-refractivity contribution in [1.82, 2.24) is 9.97 Å². The Balaban J connectivity index is 3.15. The Labute approximate surface area is 101 Å². The van der Waals surface area contributed by atoms with E-state index in [1.165, 1.54) is 25.1 Å². The van der Waals surface area contributed by atoms with Crippen LogP contribution in [-0.2, 0) is 11.0 Å². The summed E-state index contributed by atoms with van der Waals surface area (Å²) < 4.78 is 37.6. The first kappa shape index (κ1) is 14.0. The molecule has 1 heterocycles. The van der Waals surface area contributed by atoms with Gasteiger partial charge in [0.15, 0.2) is 0 Å². The topological polar surface area (TPSA) is 84.1 Å². The van der Waals surface area contributed by atoms with Gasteiger partial charge in [0.25, 0.3) is 0 Å². The molecular formula is C9H12F3N5O. The maximum atomic E-state index is 12.5. The first-order valence-electron chi connectivity index (χ1n) is 4.87. The zero-order valence-electron chi connectivity index (χ0n) is 9.75. The molecule has 18 heavy (non-hydrogen) atoms. The van der Waals surface area contributed by atoms with Gasteiger partial charge in [-0.25, -0.2) is 9.97 Å². The minimum atomic E-state index is -4.66. The van der Waals surface area contributed by atoms with Gasteiger partial charge in [-0.2, -0.15) is 13.2 Å². The Bertz CT molecular complexity index is 448. The highest BCUT2D eigenvalue weighted by atomic mass is 19.4. The number of nitrogens with one attached hydrogen (secondary N) is 1. The van der Waals surface area contributed by atoms with Crippen LogP contribution in [0.25, 0.3) is 0 Å². The number of aromatic nitrogens is 2. The molecular weight excluding hydrogens is 251 g/mol. The summed E-state index contributed by atoms with van der Waals surface area (Å²) >= 11 is 0. The molecule has 0 bridgehead atoms. The number of hydrogen-bond acceptors (Lipinski definition) is 5. The summed E-state index contributed by atoms with van der Waals surface area (Å²) in [5.41, 5.74) is 4.96. The van der Waals surface area contributed by atoms with Crippen LogP contribution in [0.1, 0.15) is 5.82 Å². The highest BCUT2D eigenvalue weighted by Crippen LogP contribution is 2.28. The molecule has 0 saturated heterocycles. The molecule has 0 saturated carbocycles. The van der Waals surface area contributed by atoms with Crippen molar-refractivity contribution in [3.63, 3.8) is 0 Å². The lowest BCUT2D eigenvalue weighted by Crippen LogP contribution is -2.31. The van der Waals surface area contributed by atoms with Crippen molar-refractivity contribution in [1.29, 1.82) is 0 Å². The van der Waals surface area contributed by atoms with Crippen LogP contribution in [0.5, 0.6) is 0 Å².